The van der Waals surface area contributed by atoms with Crippen molar-refractivity contribution in [1.82, 2.24) is 20.3 Å². The van der Waals surface area contributed by atoms with Gasteiger partial charge in [0.2, 0.25) is 5.91 Å². The van der Waals surface area contributed by atoms with Crippen molar-refractivity contribution in [3.63, 3.8) is 0 Å². The first-order chi connectivity index (χ1) is 13.6. The van der Waals surface area contributed by atoms with E-state index in [0.717, 1.165) is 22.9 Å². The number of carbonyl (C=O) groups is 2. The first-order valence-electron chi connectivity index (χ1n) is 10.4. The van der Waals surface area contributed by atoms with Crippen LogP contribution >= 0.6 is 0 Å². The van der Waals surface area contributed by atoms with Crippen LogP contribution in [0.4, 0.5) is 0 Å². The number of amides is 1. The molecule has 2 heterocycles. The van der Waals surface area contributed by atoms with Gasteiger partial charge < -0.3 is 9.47 Å². The molecule has 0 spiro atoms. The molecule has 1 saturated heterocycles. The summed E-state index contributed by atoms with van der Waals surface area (Å²) >= 11 is 0. The van der Waals surface area contributed by atoms with Crippen molar-refractivity contribution in [2.24, 2.45) is 5.92 Å². The van der Waals surface area contributed by atoms with Crippen molar-refractivity contribution in [2.45, 2.75) is 57.7 Å². The maximum Gasteiger partial charge on any atom is 0.242 e. The van der Waals surface area contributed by atoms with Crippen molar-refractivity contribution in [1.29, 1.82) is 0 Å². The highest BCUT2D eigenvalue weighted by Crippen LogP contribution is 2.31. The number of nitrogens with zero attached hydrogens (tertiary/aromatic N) is 2. The third-order valence-electron chi connectivity index (χ3n) is 6.31. The lowest BCUT2D eigenvalue weighted by atomic mass is 9.97. The Kier molecular flexibility index (Phi) is 5.51. The van der Waals surface area contributed by atoms with Gasteiger partial charge in [-0.25, -0.2) is 0 Å². The Bertz CT molecular complexity index is 875. The molecule has 6 heteroatoms. The predicted molar refractivity (Wildman–Crippen MR) is 110 cm³/mol. The molecule has 6 nitrogen and oxygen atoms in total. The van der Waals surface area contributed by atoms with Crippen LogP contribution in [0.15, 0.2) is 30.5 Å². The highest BCUT2D eigenvalue weighted by atomic mass is 16.2. The number of Topliss-reactive ketones (excluding diaryl/α,β-unsaturated/α-hetero) is 1. The smallest absolute Gasteiger partial charge is 0.242 e. The van der Waals surface area contributed by atoms with Crippen LogP contribution in [0.5, 0.6) is 0 Å². The normalized spacial score (nSPS) is 23.9. The average Bonchev–Trinajstić information content (AvgIpc) is 3.38. The number of hydrazine groups is 1. The van der Waals surface area contributed by atoms with E-state index in [0.29, 0.717) is 31.0 Å². The van der Waals surface area contributed by atoms with Gasteiger partial charge in [0.25, 0.3) is 0 Å². The lowest BCUT2D eigenvalue weighted by Crippen LogP contribution is -2.44. The van der Waals surface area contributed by atoms with Gasteiger partial charge in [-0.3, -0.25) is 20.4 Å². The van der Waals surface area contributed by atoms with Crippen LogP contribution in [0.1, 0.15) is 49.4 Å². The standard InChI is InChI=1S/C22H30N4O2/c1-3-7-21(27)17-12-26(20-11-5-4-8-15(17)20)14-22(28)25(2)13-19-16-9-6-10-18(16)23-24-19/h4-5,8,11-12,16,18-19,23-24H,3,6-7,9-10,13-14H2,1-2H3. The number of rotatable bonds is 7. The van der Waals surface area contributed by atoms with Crippen molar-refractivity contribution < 1.29 is 9.59 Å². The number of hydrogen-bond donors (Lipinski definition) is 2. The third kappa shape index (κ3) is 3.59. The van der Waals surface area contributed by atoms with Gasteiger partial charge in [0.15, 0.2) is 5.78 Å². The molecule has 3 atom stereocenters. The molecule has 4 rings (SSSR count). The van der Waals surface area contributed by atoms with Crippen LogP contribution in [-0.2, 0) is 11.3 Å². The molecule has 2 aromatic rings. The summed E-state index contributed by atoms with van der Waals surface area (Å²) in [6, 6.07) is 8.71. The molecule has 1 aliphatic carbocycles. The van der Waals surface area contributed by atoms with Crippen LogP contribution in [0.3, 0.4) is 0 Å². The zero-order valence-corrected chi connectivity index (χ0v) is 16.8. The number of carbonyl (C=O) groups excluding carboxylic acids is 2. The number of aromatic nitrogens is 1. The second kappa shape index (κ2) is 8.05. The maximum absolute atomic E-state index is 12.9. The molecule has 1 aliphatic heterocycles. The molecular formula is C22H30N4O2. The molecule has 2 fully saturated rings. The molecular weight excluding hydrogens is 352 g/mol. The van der Waals surface area contributed by atoms with Crippen LogP contribution in [0, 0.1) is 5.92 Å². The number of para-hydroxylation sites is 1. The molecule has 28 heavy (non-hydrogen) atoms. The molecule has 0 radical (unpaired) electrons. The minimum Gasteiger partial charge on any atom is -0.343 e. The fraction of sp³-hybridized carbons (Fsp3) is 0.545. The van der Waals surface area contributed by atoms with Gasteiger partial charge in [0.1, 0.15) is 6.54 Å². The molecule has 1 saturated carbocycles. The van der Waals surface area contributed by atoms with Gasteiger partial charge in [-0.05, 0) is 31.2 Å². The molecule has 2 aliphatic rings. The quantitative estimate of drug-likeness (QED) is 0.723. The second-order valence-electron chi connectivity index (χ2n) is 8.23. The zero-order valence-electron chi connectivity index (χ0n) is 16.8. The van der Waals surface area contributed by atoms with Crippen LogP contribution in [0.25, 0.3) is 10.9 Å². The van der Waals surface area contributed by atoms with E-state index in [9.17, 15) is 9.59 Å². The Labute approximate surface area is 166 Å². The first kappa shape index (κ1) is 19.2. The molecule has 1 aromatic heterocycles. The number of ketones is 1. The van der Waals surface area contributed by atoms with Gasteiger partial charge in [0.05, 0.1) is 0 Å². The van der Waals surface area contributed by atoms with Gasteiger partial charge >= 0.3 is 0 Å². The van der Waals surface area contributed by atoms with E-state index < -0.39 is 0 Å². The Morgan fingerprint density at radius 1 is 1.21 bits per heavy atom. The predicted octanol–water partition coefficient (Wildman–Crippen LogP) is 2.73. The minimum absolute atomic E-state index is 0.0680. The summed E-state index contributed by atoms with van der Waals surface area (Å²) in [4.78, 5) is 27.2. The average molecular weight is 383 g/mol. The van der Waals surface area contributed by atoms with Gasteiger partial charge in [-0.2, -0.15) is 0 Å². The summed E-state index contributed by atoms with van der Waals surface area (Å²) < 4.78 is 1.93. The number of hydrogen-bond acceptors (Lipinski definition) is 4. The van der Waals surface area contributed by atoms with E-state index in [4.69, 9.17) is 0 Å². The number of nitrogens with one attached hydrogen (secondary N) is 2. The maximum atomic E-state index is 12.9. The van der Waals surface area contributed by atoms with E-state index in [1.54, 1.807) is 0 Å². The Morgan fingerprint density at radius 3 is 2.86 bits per heavy atom. The molecule has 3 unspecified atom stereocenters. The molecule has 2 N–H and O–H groups in total. The summed E-state index contributed by atoms with van der Waals surface area (Å²) in [6.45, 7) is 2.97. The van der Waals surface area contributed by atoms with Gasteiger partial charge in [0, 0.05) is 54.8 Å². The van der Waals surface area contributed by atoms with Crippen LogP contribution in [0.2, 0.25) is 0 Å². The first-order valence-corrected chi connectivity index (χ1v) is 10.4. The molecule has 1 amide bonds. The van der Waals surface area contributed by atoms with Crippen molar-refractivity contribution in [3.05, 3.63) is 36.0 Å². The summed E-state index contributed by atoms with van der Waals surface area (Å²) in [5, 5.41) is 0.937. The van der Waals surface area contributed by atoms with E-state index in [2.05, 4.69) is 10.9 Å². The highest BCUT2D eigenvalue weighted by Gasteiger charge is 2.39. The summed E-state index contributed by atoms with van der Waals surface area (Å²) in [5.74, 6) is 0.825. The van der Waals surface area contributed by atoms with Crippen molar-refractivity contribution in [3.8, 4) is 0 Å². The molecule has 150 valence electrons. The lowest BCUT2D eigenvalue weighted by Gasteiger charge is -2.24. The van der Waals surface area contributed by atoms with E-state index in [1.165, 1.54) is 19.3 Å². The molecule has 0 bridgehead atoms. The Hall–Kier alpha value is -2.18. The molecule has 1 aromatic carbocycles. The van der Waals surface area contributed by atoms with E-state index in [1.807, 2.05) is 53.9 Å². The van der Waals surface area contributed by atoms with Gasteiger partial charge in [-0.15, -0.1) is 0 Å². The largest absolute Gasteiger partial charge is 0.343 e. The van der Waals surface area contributed by atoms with Crippen LogP contribution in [-0.4, -0.2) is 46.8 Å². The topological polar surface area (TPSA) is 66.4 Å². The monoisotopic (exact) mass is 382 g/mol. The fourth-order valence-electron chi connectivity index (χ4n) is 4.78. The summed E-state index contributed by atoms with van der Waals surface area (Å²) in [7, 11) is 1.88. The van der Waals surface area contributed by atoms with Crippen molar-refractivity contribution >= 4 is 22.6 Å². The SMILES string of the molecule is CCCC(=O)c1cn(CC(=O)N(C)CC2NNC3CCCC32)c2ccccc12. The minimum atomic E-state index is 0.0680. The van der Waals surface area contributed by atoms with Crippen molar-refractivity contribution in [2.75, 3.05) is 13.6 Å². The van der Waals surface area contributed by atoms with E-state index >= 15 is 0 Å². The zero-order chi connectivity index (χ0) is 19.7. The van der Waals surface area contributed by atoms with Crippen LogP contribution < -0.4 is 10.9 Å². The van der Waals surface area contributed by atoms with Gasteiger partial charge in [-0.1, -0.05) is 31.5 Å². The Balaban J connectivity index is 1.48. The highest BCUT2D eigenvalue weighted by molar-refractivity contribution is 6.08. The summed E-state index contributed by atoms with van der Waals surface area (Å²) in [6.07, 6.45) is 6.92. The number of fused-ring (bicyclic) bond motifs is 2. The van der Waals surface area contributed by atoms with E-state index in [-0.39, 0.29) is 18.2 Å². The Morgan fingerprint density at radius 2 is 2.04 bits per heavy atom. The third-order valence-corrected chi connectivity index (χ3v) is 6.31. The lowest BCUT2D eigenvalue weighted by molar-refractivity contribution is -0.130. The number of likely N-dealkylation sites (N-methyl/N-ethyl adjacent to an activating group) is 1. The summed E-state index contributed by atoms with van der Waals surface area (Å²) in [5.41, 5.74) is 8.43. The fourth-order valence-corrected chi connectivity index (χ4v) is 4.78. The number of benzene rings is 1. The second-order valence-corrected chi connectivity index (χ2v) is 8.23.